The maximum atomic E-state index is 12.3. The Morgan fingerprint density at radius 2 is 1.96 bits per heavy atom. The van der Waals surface area contributed by atoms with Crippen LogP contribution in [0.5, 0.6) is 0 Å². The van der Waals surface area contributed by atoms with E-state index in [0.717, 1.165) is 16.5 Å². The third-order valence-corrected chi connectivity index (χ3v) is 5.30. The highest BCUT2D eigenvalue weighted by Crippen LogP contribution is 2.26. The van der Waals surface area contributed by atoms with Gasteiger partial charge >= 0.3 is 0 Å². The monoisotopic (exact) mass is 390 g/mol. The molecule has 0 bridgehead atoms. The summed E-state index contributed by atoms with van der Waals surface area (Å²) >= 11 is 12.8. The van der Waals surface area contributed by atoms with E-state index in [1.807, 2.05) is 55.4 Å². The fourth-order valence-electron chi connectivity index (χ4n) is 2.76. The number of alkyl halides is 1. The van der Waals surface area contributed by atoms with Crippen LogP contribution >= 0.6 is 23.4 Å². The molecular weight excluding hydrogens is 371 g/mol. The number of benzene rings is 2. The first kappa shape index (κ1) is 18.7. The lowest BCUT2D eigenvalue weighted by molar-refractivity contribution is 0.0934. The SMILES string of the molecule is CN(C)[C@@](Cl)(CNC(=O)c1ccccc1)Cc1ccc2c(cnn2Cl)c1. The molecule has 1 aromatic heterocycles. The molecule has 7 heteroatoms. The molecule has 5 nitrogen and oxygen atoms in total. The second kappa shape index (κ2) is 7.66. The van der Waals surface area contributed by atoms with Gasteiger partial charge in [-0.2, -0.15) is 9.30 Å². The first-order valence-corrected chi connectivity index (χ1v) is 8.93. The summed E-state index contributed by atoms with van der Waals surface area (Å²) < 4.78 is 1.32. The van der Waals surface area contributed by atoms with E-state index in [-0.39, 0.29) is 5.91 Å². The van der Waals surface area contributed by atoms with E-state index in [9.17, 15) is 4.79 Å². The summed E-state index contributed by atoms with van der Waals surface area (Å²) in [6.45, 7) is 0.308. The van der Waals surface area contributed by atoms with Gasteiger partial charge in [0.05, 0.1) is 18.3 Å². The Bertz CT molecular complexity index is 910. The summed E-state index contributed by atoms with van der Waals surface area (Å²) in [7, 11) is 3.80. The first-order chi connectivity index (χ1) is 12.4. The Morgan fingerprint density at radius 3 is 2.65 bits per heavy atom. The maximum Gasteiger partial charge on any atom is 0.251 e. The summed E-state index contributed by atoms with van der Waals surface area (Å²) in [6.07, 6.45) is 2.27. The van der Waals surface area contributed by atoms with Crippen LogP contribution in [0.2, 0.25) is 0 Å². The molecule has 0 spiro atoms. The Morgan fingerprint density at radius 1 is 1.23 bits per heavy atom. The molecule has 136 valence electrons. The van der Waals surface area contributed by atoms with E-state index in [0.29, 0.717) is 18.5 Å². The van der Waals surface area contributed by atoms with E-state index in [4.69, 9.17) is 23.4 Å². The topological polar surface area (TPSA) is 50.2 Å². The molecule has 1 heterocycles. The van der Waals surface area contributed by atoms with Crippen LogP contribution < -0.4 is 5.32 Å². The molecule has 1 amide bonds. The van der Waals surface area contributed by atoms with Gasteiger partial charge in [-0.15, -0.1) is 0 Å². The maximum absolute atomic E-state index is 12.3. The molecule has 1 N–H and O–H groups in total. The lowest BCUT2D eigenvalue weighted by atomic mass is 10.0. The second-order valence-electron chi connectivity index (χ2n) is 6.44. The smallest absolute Gasteiger partial charge is 0.251 e. The molecule has 0 aliphatic rings. The third-order valence-electron chi connectivity index (χ3n) is 4.42. The van der Waals surface area contributed by atoms with Crippen molar-refractivity contribution in [3.05, 3.63) is 65.9 Å². The van der Waals surface area contributed by atoms with Gasteiger partial charge in [0, 0.05) is 29.1 Å². The summed E-state index contributed by atoms with van der Waals surface area (Å²) in [6, 6.07) is 15.0. The number of likely N-dealkylation sites (N-methyl/N-ethyl adjacent to an activating group) is 1. The number of rotatable bonds is 6. The van der Waals surface area contributed by atoms with Crippen molar-refractivity contribution in [2.45, 2.75) is 11.4 Å². The number of carbonyl (C=O) groups is 1. The molecule has 26 heavy (non-hydrogen) atoms. The van der Waals surface area contributed by atoms with Crippen LogP contribution in [0, 0.1) is 0 Å². The Kier molecular flexibility index (Phi) is 5.51. The predicted octanol–water partition coefficient (Wildman–Crippen LogP) is 3.51. The van der Waals surface area contributed by atoms with E-state index in [1.165, 1.54) is 4.20 Å². The lowest BCUT2D eigenvalue weighted by Gasteiger charge is -2.34. The highest BCUT2D eigenvalue weighted by atomic mass is 35.5. The van der Waals surface area contributed by atoms with Crippen molar-refractivity contribution in [1.82, 2.24) is 19.5 Å². The number of carbonyl (C=O) groups excluding carboxylic acids is 1. The Balaban J connectivity index is 1.74. The van der Waals surface area contributed by atoms with Crippen LogP contribution in [0.3, 0.4) is 0 Å². The number of aromatic nitrogens is 2. The molecule has 1 atom stereocenters. The number of hydrogen-bond acceptors (Lipinski definition) is 3. The van der Waals surface area contributed by atoms with Crippen molar-refractivity contribution in [2.24, 2.45) is 0 Å². The first-order valence-electron chi connectivity index (χ1n) is 8.21. The molecule has 0 saturated heterocycles. The second-order valence-corrected chi connectivity index (χ2v) is 7.46. The van der Waals surface area contributed by atoms with E-state index in [1.54, 1.807) is 18.3 Å². The highest BCUT2D eigenvalue weighted by Gasteiger charge is 2.31. The van der Waals surface area contributed by atoms with Gasteiger partial charge in [0.2, 0.25) is 0 Å². The van der Waals surface area contributed by atoms with Crippen molar-refractivity contribution in [3.8, 4) is 0 Å². The lowest BCUT2D eigenvalue weighted by Crippen LogP contribution is -2.50. The summed E-state index contributed by atoms with van der Waals surface area (Å²) in [5.74, 6) is -0.142. The minimum atomic E-state index is -0.755. The zero-order chi connectivity index (χ0) is 18.7. The summed E-state index contributed by atoms with van der Waals surface area (Å²) in [5.41, 5.74) is 2.50. The zero-order valence-corrected chi connectivity index (χ0v) is 16.1. The average Bonchev–Trinajstić information content (AvgIpc) is 3.00. The number of fused-ring (bicyclic) bond motifs is 1. The van der Waals surface area contributed by atoms with Crippen molar-refractivity contribution < 1.29 is 4.79 Å². The molecule has 3 aromatic rings. The van der Waals surface area contributed by atoms with Crippen LogP contribution in [0.1, 0.15) is 15.9 Å². The largest absolute Gasteiger partial charge is 0.349 e. The number of nitrogens with one attached hydrogen (secondary N) is 1. The molecule has 0 radical (unpaired) electrons. The van der Waals surface area contributed by atoms with Gasteiger partial charge in [-0.1, -0.05) is 35.9 Å². The molecule has 3 rings (SSSR count). The van der Waals surface area contributed by atoms with Crippen LogP contribution in [0.15, 0.2) is 54.7 Å². The fraction of sp³-hybridized carbons (Fsp3) is 0.263. The summed E-state index contributed by atoms with van der Waals surface area (Å²) in [4.78, 5) is 13.5. The fourth-order valence-corrected chi connectivity index (χ4v) is 3.18. The molecule has 2 aromatic carbocycles. The minimum Gasteiger partial charge on any atom is -0.349 e. The normalized spacial score (nSPS) is 13.7. The molecular formula is C19H20Cl2N4O. The Hall–Kier alpha value is -2.08. The van der Waals surface area contributed by atoms with E-state index in [2.05, 4.69) is 10.4 Å². The molecule has 0 saturated carbocycles. The molecule has 0 unspecified atom stereocenters. The minimum absolute atomic E-state index is 0.142. The van der Waals surface area contributed by atoms with Crippen molar-refractivity contribution >= 4 is 40.2 Å². The zero-order valence-electron chi connectivity index (χ0n) is 14.6. The van der Waals surface area contributed by atoms with E-state index >= 15 is 0 Å². The Labute approximate surface area is 162 Å². The molecule has 0 fully saturated rings. The van der Waals surface area contributed by atoms with Gasteiger partial charge in [0.15, 0.2) is 0 Å². The van der Waals surface area contributed by atoms with Crippen molar-refractivity contribution in [3.63, 3.8) is 0 Å². The van der Waals surface area contributed by atoms with Gasteiger partial charge in [0.25, 0.3) is 5.91 Å². The number of halogens is 2. The number of hydrogen-bond donors (Lipinski definition) is 1. The predicted molar refractivity (Wildman–Crippen MR) is 106 cm³/mol. The van der Waals surface area contributed by atoms with E-state index < -0.39 is 5.00 Å². The van der Waals surface area contributed by atoms with Gasteiger partial charge < -0.3 is 5.32 Å². The van der Waals surface area contributed by atoms with Gasteiger partial charge in [-0.3, -0.25) is 9.69 Å². The van der Waals surface area contributed by atoms with Gasteiger partial charge in [-0.25, -0.2) is 0 Å². The quantitative estimate of drug-likeness (QED) is 0.517. The number of amides is 1. The van der Waals surface area contributed by atoms with Crippen molar-refractivity contribution in [1.29, 1.82) is 0 Å². The van der Waals surface area contributed by atoms with Crippen LogP contribution in [-0.2, 0) is 6.42 Å². The molecule has 0 aliphatic heterocycles. The average molecular weight is 391 g/mol. The summed E-state index contributed by atoms with van der Waals surface area (Å²) in [5, 5.41) is 7.92. The van der Waals surface area contributed by atoms with Crippen molar-refractivity contribution in [2.75, 3.05) is 20.6 Å². The van der Waals surface area contributed by atoms with Gasteiger partial charge in [-0.05, 0) is 43.9 Å². The standard InChI is InChI=1S/C19H20Cl2N4O/c1-24(2)19(20,13-22-18(26)15-6-4-3-5-7-15)11-14-8-9-17-16(10-14)12-23-25(17)21/h3-10,12H,11,13H2,1-2H3,(H,22,26)/t19-/m1/s1. The third kappa shape index (κ3) is 4.01. The molecule has 0 aliphatic carbocycles. The van der Waals surface area contributed by atoms with Gasteiger partial charge in [0.1, 0.15) is 5.00 Å². The highest BCUT2D eigenvalue weighted by molar-refractivity contribution is 6.24. The van der Waals surface area contributed by atoms with Crippen LogP contribution in [0.25, 0.3) is 10.9 Å². The van der Waals surface area contributed by atoms with Crippen LogP contribution in [0.4, 0.5) is 0 Å². The number of nitrogens with zero attached hydrogens (tertiary/aromatic N) is 3. The van der Waals surface area contributed by atoms with Crippen LogP contribution in [-0.4, -0.2) is 45.7 Å².